The van der Waals surface area contributed by atoms with Crippen molar-refractivity contribution in [3.8, 4) is 0 Å². The summed E-state index contributed by atoms with van der Waals surface area (Å²) >= 11 is 0. The van der Waals surface area contributed by atoms with Crippen molar-refractivity contribution in [1.29, 1.82) is 0 Å². The average Bonchev–Trinajstić information content (AvgIpc) is 2.48. The van der Waals surface area contributed by atoms with Gasteiger partial charge in [-0.3, -0.25) is 4.90 Å². The zero-order valence-corrected chi connectivity index (χ0v) is 12.6. The molecule has 3 unspecified atom stereocenters. The summed E-state index contributed by atoms with van der Waals surface area (Å²) in [5.41, 5.74) is 0. The SMILES string of the molecule is CCC1CN(CCOC2CCCCO2)C(CC)CN1. The fraction of sp³-hybridized carbons (Fsp3) is 1.00. The minimum Gasteiger partial charge on any atom is -0.353 e. The van der Waals surface area contributed by atoms with Crippen molar-refractivity contribution in [1.82, 2.24) is 10.2 Å². The minimum atomic E-state index is 0.0544. The molecule has 0 radical (unpaired) electrons. The first kappa shape index (κ1) is 15.2. The maximum atomic E-state index is 5.86. The van der Waals surface area contributed by atoms with Gasteiger partial charge in [-0.25, -0.2) is 0 Å². The van der Waals surface area contributed by atoms with Crippen LogP contribution >= 0.6 is 0 Å². The minimum absolute atomic E-state index is 0.0544. The Kier molecular flexibility index (Phi) is 6.57. The van der Waals surface area contributed by atoms with Crippen LogP contribution in [-0.4, -0.2) is 56.1 Å². The summed E-state index contributed by atoms with van der Waals surface area (Å²) in [6.07, 6.45) is 5.97. The van der Waals surface area contributed by atoms with Gasteiger partial charge in [-0.1, -0.05) is 13.8 Å². The Hall–Kier alpha value is -0.160. The normalized spacial score (nSPS) is 33.5. The van der Waals surface area contributed by atoms with Crippen LogP contribution in [0.3, 0.4) is 0 Å². The van der Waals surface area contributed by atoms with E-state index in [0.717, 1.165) is 39.3 Å². The molecule has 0 aromatic carbocycles. The lowest BCUT2D eigenvalue weighted by molar-refractivity contribution is -0.165. The van der Waals surface area contributed by atoms with Gasteiger partial charge in [0.2, 0.25) is 0 Å². The van der Waals surface area contributed by atoms with Crippen molar-refractivity contribution in [2.75, 3.05) is 32.8 Å². The van der Waals surface area contributed by atoms with Crippen LogP contribution in [0, 0.1) is 0 Å². The molecule has 2 aliphatic rings. The Balaban J connectivity index is 1.69. The Labute approximate surface area is 117 Å². The van der Waals surface area contributed by atoms with E-state index in [4.69, 9.17) is 9.47 Å². The molecule has 0 amide bonds. The predicted octanol–water partition coefficient (Wildman–Crippen LogP) is 1.99. The third-order valence-corrected chi connectivity index (χ3v) is 4.40. The second-order valence-corrected chi connectivity index (χ2v) is 5.74. The molecule has 19 heavy (non-hydrogen) atoms. The fourth-order valence-electron chi connectivity index (χ4n) is 3.02. The molecule has 0 aliphatic carbocycles. The Morgan fingerprint density at radius 1 is 1.26 bits per heavy atom. The molecule has 112 valence electrons. The van der Waals surface area contributed by atoms with Gasteiger partial charge in [0.05, 0.1) is 6.61 Å². The van der Waals surface area contributed by atoms with E-state index in [9.17, 15) is 0 Å². The lowest BCUT2D eigenvalue weighted by Crippen LogP contribution is -2.56. The molecular weight excluding hydrogens is 240 g/mol. The van der Waals surface area contributed by atoms with E-state index in [1.165, 1.54) is 25.7 Å². The maximum Gasteiger partial charge on any atom is 0.157 e. The second kappa shape index (κ2) is 8.20. The number of piperazine rings is 1. The van der Waals surface area contributed by atoms with Gasteiger partial charge >= 0.3 is 0 Å². The summed E-state index contributed by atoms with van der Waals surface area (Å²) in [5, 5.41) is 3.63. The molecule has 0 saturated carbocycles. The van der Waals surface area contributed by atoms with Crippen LogP contribution in [0.4, 0.5) is 0 Å². The van der Waals surface area contributed by atoms with E-state index in [-0.39, 0.29) is 6.29 Å². The Bertz CT molecular complexity index is 244. The smallest absolute Gasteiger partial charge is 0.157 e. The zero-order valence-electron chi connectivity index (χ0n) is 12.6. The molecule has 2 saturated heterocycles. The summed E-state index contributed by atoms with van der Waals surface area (Å²) in [6.45, 7) is 9.52. The van der Waals surface area contributed by atoms with Gasteiger partial charge in [-0.05, 0) is 32.1 Å². The molecule has 2 rings (SSSR count). The van der Waals surface area contributed by atoms with Crippen molar-refractivity contribution in [3.63, 3.8) is 0 Å². The summed E-state index contributed by atoms with van der Waals surface area (Å²) in [5.74, 6) is 0. The van der Waals surface area contributed by atoms with Crippen molar-refractivity contribution in [2.45, 2.75) is 64.3 Å². The highest BCUT2D eigenvalue weighted by Gasteiger charge is 2.25. The number of rotatable bonds is 6. The number of nitrogens with one attached hydrogen (secondary N) is 1. The molecule has 2 aliphatic heterocycles. The van der Waals surface area contributed by atoms with Gasteiger partial charge in [-0.15, -0.1) is 0 Å². The molecule has 0 bridgehead atoms. The van der Waals surface area contributed by atoms with Gasteiger partial charge in [-0.2, -0.15) is 0 Å². The molecule has 0 aromatic rings. The zero-order chi connectivity index (χ0) is 13.5. The number of nitrogens with zero attached hydrogens (tertiary/aromatic N) is 1. The van der Waals surface area contributed by atoms with Crippen LogP contribution in [0.5, 0.6) is 0 Å². The van der Waals surface area contributed by atoms with E-state index in [0.29, 0.717) is 12.1 Å². The first-order valence-electron chi connectivity index (χ1n) is 8.04. The average molecular weight is 270 g/mol. The van der Waals surface area contributed by atoms with Crippen LogP contribution in [0.2, 0.25) is 0 Å². The number of hydrogen-bond acceptors (Lipinski definition) is 4. The highest BCUT2D eigenvalue weighted by atomic mass is 16.7. The molecule has 4 heteroatoms. The highest BCUT2D eigenvalue weighted by Crippen LogP contribution is 2.15. The van der Waals surface area contributed by atoms with E-state index in [2.05, 4.69) is 24.1 Å². The van der Waals surface area contributed by atoms with Crippen LogP contribution in [0.15, 0.2) is 0 Å². The lowest BCUT2D eigenvalue weighted by Gasteiger charge is -2.40. The summed E-state index contributed by atoms with van der Waals surface area (Å²) in [4.78, 5) is 2.59. The Morgan fingerprint density at radius 2 is 2.16 bits per heavy atom. The van der Waals surface area contributed by atoms with Crippen molar-refractivity contribution < 1.29 is 9.47 Å². The molecule has 4 nitrogen and oxygen atoms in total. The highest BCUT2D eigenvalue weighted by molar-refractivity contribution is 4.84. The molecule has 1 N–H and O–H groups in total. The molecular formula is C15H30N2O2. The third-order valence-electron chi connectivity index (χ3n) is 4.40. The molecule has 0 spiro atoms. The molecule has 3 atom stereocenters. The van der Waals surface area contributed by atoms with Crippen molar-refractivity contribution in [2.24, 2.45) is 0 Å². The molecule has 2 heterocycles. The second-order valence-electron chi connectivity index (χ2n) is 5.74. The third kappa shape index (κ3) is 4.71. The number of ether oxygens (including phenoxy) is 2. The van der Waals surface area contributed by atoms with Gasteiger partial charge in [0.15, 0.2) is 6.29 Å². The Morgan fingerprint density at radius 3 is 2.84 bits per heavy atom. The summed E-state index contributed by atoms with van der Waals surface area (Å²) < 4.78 is 11.5. The van der Waals surface area contributed by atoms with E-state index < -0.39 is 0 Å². The van der Waals surface area contributed by atoms with Crippen LogP contribution in [-0.2, 0) is 9.47 Å². The van der Waals surface area contributed by atoms with Crippen LogP contribution in [0.1, 0.15) is 46.0 Å². The van der Waals surface area contributed by atoms with Gasteiger partial charge < -0.3 is 14.8 Å². The van der Waals surface area contributed by atoms with E-state index >= 15 is 0 Å². The van der Waals surface area contributed by atoms with Gasteiger partial charge in [0.25, 0.3) is 0 Å². The van der Waals surface area contributed by atoms with E-state index in [1.807, 2.05) is 0 Å². The lowest BCUT2D eigenvalue weighted by atomic mass is 10.1. The van der Waals surface area contributed by atoms with Gasteiger partial charge in [0, 0.05) is 38.3 Å². The van der Waals surface area contributed by atoms with Crippen LogP contribution < -0.4 is 5.32 Å². The predicted molar refractivity (Wildman–Crippen MR) is 77.3 cm³/mol. The first-order chi connectivity index (χ1) is 9.33. The monoisotopic (exact) mass is 270 g/mol. The largest absolute Gasteiger partial charge is 0.353 e. The standard InChI is InChI=1S/C15H30N2O2/c1-3-13-12-17(14(4-2)11-16-13)8-10-19-15-7-5-6-9-18-15/h13-16H,3-12H2,1-2H3. The van der Waals surface area contributed by atoms with Crippen LogP contribution in [0.25, 0.3) is 0 Å². The van der Waals surface area contributed by atoms with Gasteiger partial charge in [0.1, 0.15) is 0 Å². The summed E-state index contributed by atoms with van der Waals surface area (Å²) in [7, 11) is 0. The molecule has 0 aromatic heterocycles. The molecule has 2 fully saturated rings. The quantitative estimate of drug-likeness (QED) is 0.800. The maximum absolute atomic E-state index is 5.86. The summed E-state index contributed by atoms with van der Waals surface area (Å²) in [6, 6.07) is 1.31. The van der Waals surface area contributed by atoms with Crippen molar-refractivity contribution >= 4 is 0 Å². The number of hydrogen-bond donors (Lipinski definition) is 1. The first-order valence-corrected chi connectivity index (χ1v) is 8.04. The van der Waals surface area contributed by atoms with E-state index in [1.54, 1.807) is 0 Å². The topological polar surface area (TPSA) is 33.7 Å². The fourth-order valence-corrected chi connectivity index (χ4v) is 3.02. The van der Waals surface area contributed by atoms with Crippen molar-refractivity contribution in [3.05, 3.63) is 0 Å².